The van der Waals surface area contributed by atoms with Gasteiger partial charge in [-0.05, 0) is 0 Å². The van der Waals surface area contributed by atoms with E-state index in [9.17, 15) is 0 Å². The number of hydrogen-bond acceptors (Lipinski definition) is 0. The van der Waals surface area contributed by atoms with Crippen LogP contribution in [0.3, 0.4) is 0 Å². The molecule has 2 aromatic carbocycles. The summed E-state index contributed by atoms with van der Waals surface area (Å²) in [6.07, 6.45) is 0. The molecule has 0 bridgehead atoms. The topological polar surface area (TPSA) is 0 Å². The summed E-state index contributed by atoms with van der Waals surface area (Å²) in [5.41, 5.74) is 2.75. The first-order valence-electron chi connectivity index (χ1n) is 5.14. The Morgan fingerprint density at radius 2 is 1.20 bits per heavy atom. The van der Waals surface area contributed by atoms with Crippen molar-refractivity contribution in [3.8, 4) is 0 Å². The van der Waals surface area contributed by atoms with Crippen molar-refractivity contribution in [2.75, 3.05) is 0 Å². The number of aryl methyl sites for hydroxylation is 2. The average molecular weight is 301 g/mol. The Balaban J connectivity index is 2.22. The van der Waals surface area contributed by atoms with Crippen LogP contribution in [0.4, 0.5) is 0 Å². The molecule has 1 heteroatoms. The molecule has 74 valence electrons. The summed E-state index contributed by atoms with van der Waals surface area (Å²) in [6.45, 7) is 4.33. The van der Waals surface area contributed by atoms with Crippen molar-refractivity contribution in [3.63, 3.8) is 0 Å². The van der Waals surface area contributed by atoms with Crippen molar-refractivity contribution in [3.05, 3.63) is 59.7 Å². The maximum absolute atomic E-state index is 2.33. The Bertz CT molecular complexity index is 417. The first-order chi connectivity index (χ1) is 7.24. The molecule has 0 saturated heterocycles. The molecule has 0 heterocycles. The molecule has 0 amide bonds. The van der Waals surface area contributed by atoms with E-state index >= 15 is 0 Å². The molecule has 0 aliphatic rings. The van der Waals surface area contributed by atoms with Crippen molar-refractivity contribution < 1.29 is 0 Å². The van der Waals surface area contributed by atoms with Gasteiger partial charge in [-0.3, -0.25) is 0 Å². The van der Waals surface area contributed by atoms with Crippen LogP contribution in [0.25, 0.3) is 0 Å². The van der Waals surface area contributed by atoms with Gasteiger partial charge in [-0.25, -0.2) is 0 Å². The van der Waals surface area contributed by atoms with Gasteiger partial charge in [-0.15, -0.1) is 0 Å². The van der Waals surface area contributed by atoms with Gasteiger partial charge in [-0.2, -0.15) is 0 Å². The molecule has 2 aromatic rings. The molecule has 0 N–H and O–H groups in total. The van der Waals surface area contributed by atoms with E-state index in [1.165, 1.54) is 11.1 Å². The second kappa shape index (κ2) is 4.84. The molecule has 0 saturated carbocycles. The van der Waals surface area contributed by atoms with Crippen LogP contribution in [-0.4, -0.2) is 21.1 Å². The third kappa shape index (κ3) is 3.10. The summed E-state index contributed by atoms with van der Waals surface area (Å²) >= 11 is -0.570. The molecule has 0 nitrogen and oxygen atoms in total. The summed E-state index contributed by atoms with van der Waals surface area (Å²) in [6, 6.07) is 17.9. The van der Waals surface area contributed by atoms with Gasteiger partial charge in [0.05, 0.1) is 0 Å². The molecule has 0 atom stereocenters. The molecule has 2 radical (unpaired) electrons. The molecule has 2 rings (SSSR count). The number of benzene rings is 2. The fourth-order valence-electron chi connectivity index (χ4n) is 1.61. The Morgan fingerprint density at radius 1 is 0.733 bits per heavy atom. The summed E-state index contributed by atoms with van der Waals surface area (Å²) in [7, 11) is 0. The zero-order valence-electron chi connectivity index (χ0n) is 9.12. The Kier molecular flexibility index (Phi) is 3.47. The molecule has 0 fully saturated rings. The molecule has 0 aromatic heterocycles. The van der Waals surface area contributed by atoms with E-state index in [0.29, 0.717) is 0 Å². The monoisotopic (exact) mass is 302 g/mol. The van der Waals surface area contributed by atoms with E-state index in [1.807, 2.05) is 0 Å². The molecule has 0 aliphatic heterocycles. The Hall–Kier alpha value is -0.761. The summed E-state index contributed by atoms with van der Waals surface area (Å²) in [5, 5.41) is 0. The first kappa shape index (κ1) is 10.7. The van der Waals surface area contributed by atoms with Crippen LogP contribution in [0.5, 0.6) is 0 Å². The first-order valence-corrected chi connectivity index (χ1v) is 8.00. The SMILES string of the molecule is Cc1ccc[c]([Sn][c]2cccc(C)c2)c1. The van der Waals surface area contributed by atoms with Crippen LogP contribution in [0.1, 0.15) is 11.1 Å². The van der Waals surface area contributed by atoms with Gasteiger partial charge in [0.2, 0.25) is 0 Å². The van der Waals surface area contributed by atoms with E-state index in [0.717, 1.165) is 0 Å². The van der Waals surface area contributed by atoms with E-state index in [2.05, 4.69) is 62.4 Å². The summed E-state index contributed by atoms with van der Waals surface area (Å²) < 4.78 is 3.12. The molecular formula is C14H14Sn. The quantitative estimate of drug-likeness (QED) is 0.744. The number of hydrogen-bond donors (Lipinski definition) is 0. The normalized spacial score (nSPS) is 10.3. The molecular weight excluding hydrogens is 287 g/mol. The van der Waals surface area contributed by atoms with Gasteiger partial charge in [-0.1, -0.05) is 0 Å². The van der Waals surface area contributed by atoms with Gasteiger partial charge < -0.3 is 0 Å². The zero-order chi connectivity index (χ0) is 10.7. The van der Waals surface area contributed by atoms with Crippen LogP contribution in [0.15, 0.2) is 48.5 Å². The summed E-state index contributed by atoms with van der Waals surface area (Å²) in [4.78, 5) is 0. The number of rotatable bonds is 2. The average Bonchev–Trinajstić information content (AvgIpc) is 2.17. The van der Waals surface area contributed by atoms with Crippen LogP contribution < -0.4 is 7.16 Å². The Labute approximate surface area is 102 Å². The predicted octanol–water partition coefficient (Wildman–Crippen LogP) is 1.96. The molecule has 0 aliphatic carbocycles. The molecule has 0 spiro atoms. The van der Waals surface area contributed by atoms with Crippen molar-refractivity contribution in [2.24, 2.45) is 0 Å². The van der Waals surface area contributed by atoms with E-state index in [1.54, 1.807) is 7.16 Å². The van der Waals surface area contributed by atoms with Gasteiger partial charge in [0.25, 0.3) is 0 Å². The van der Waals surface area contributed by atoms with E-state index in [4.69, 9.17) is 0 Å². The predicted molar refractivity (Wildman–Crippen MR) is 67.4 cm³/mol. The van der Waals surface area contributed by atoms with Gasteiger partial charge >= 0.3 is 102 Å². The molecule has 0 unspecified atom stereocenters. The standard InChI is InChI=1S/2C7H7.Sn/c2*1-7-5-3-2-4-6-7;/h2*2-3,5-6H,1H3;. The fourth-order valence-corrected chi connectivity index (χ4v) is 5.30. The van der Waals surface area contributed by atoms with E-state index < -0.39 is 21.1 Å². The molecule has 15 heavy (non-hydrogen) atoms. The second-order valence-corrected chi connectivity index (χ2v) is 7.87. The second-order valence-electron chi connectivity index (χ2n) is 3.86. The zero-order valence-corrected chi connectivity index (χ0v) is 12.0. The third-order valence-corrected chi connectivity index (χ3v) is 5.75. The van der Waals surface area contributed by atoms with Gasteiger partial charge in [0, 0.05) is 0 Å². The fraction of sp³-hybridized carbons (Fsp3) is 0.143. The van der Waals surface area contributed by atoms with Crippen molar-refractivity contribution in [1.29, 1.82) is 0 Å². The maximum atomic E-state index is 2.33. The van der Waals surface area contributed by atoms with Crippen molar-refractivity contribution in [2.45, 2.75) is 13.8 Å². The van der Waals surface area contributed by atoms with Crippen molar-refractivity contribution >= 4 is 28.3 Å². The van der Waals surface area contributed by atoms with Gasteiger partial charge in [0.15, 0.2) is 0 Å². The minimum absolute atomic E-state index is 0.570. The van der Waals surface area contributed by atoms with Crippen LogP contribution in [-0.2, 0) is 0 Å². The summed E-state index contributed by atoms with van der Waals surface area (Å²) in [5.74, 6) is 0. The Morgan fingerprint density at radius 3 is 1.60 bits per heavy atom. The third-order valence-electron chi connectivity index (χ3n) is 2.32. The van der Waals surface area contributed by atoms with Gasteiger partial charge in [0.1, 0.15) is 0 Å². The van der Waals surface area contributed by atoms with Crippen LogP contribution >= 0.6 is 0 Å². The van der Waals surface area contributed by atoms with Crippen LogP contribution in [0, 0.1) is 13.8 Å². The van der Waals surface area contributed by atoms with Crippen LogP contribution in [0.2, 0.25) is 0 Å². The van der Waals surface area contributed by atoms with E-state index in [-0.39, 0.29) is 0 Å². The van der Waals surface area contributed by atoms with Crippen molar-refractivity contribution in [1.82, 2.24) is 0 Å². The minimum atomic E-state index is -0.570.